The van der Waals surface area contributed by atoms with Crippen molar-refractivity contribution in [2.24, 2.45) is 0 Å². The first-order valence-corrected chi connectivity index (χ1v) is 19.2. The number of carbonyl (C=O) groups is 2. The van der Waals surface area contributed by atoms with E-state index in [9.17, 15) is 19.8 Å². The van der Waals surface area contributed by atoms with Crippen LogP contribution in [0.5, 0.6) is 0 Å². The second-order valence-electron chi connectivity index (χ2n) is 14.4. The fraction of sp³-hybridized carbons (Fsp3) is 0.947. The number of hydrogen-bond acceptors (Lipinski definition) is 7. The fourth-order valence-corrected chi connectivity index (χ4v) is 5.53. The van der Waals surface area contributed by atoms with Crippen molar-refractivity contribution >= 4 is 11.9 Å². The third kappa shape index (κ3) is 34.1. The molecule has 0 spiro atoms. The van der Waals surface area contributed by atoms with Gasteiger partial charge >= 0.3 is 5.97 Å². The third-order valence-electron chi connectivity index (χ3n) is 8.58. The monoisotopic (exact) mass is 658 g/mol. The predicted octanol–water partition coefficient (Wildman–Crippen LogP) is 7.87. The van der Waals surface area contributed by atoms with E-state index in [1.54, 1.807) is 0 Å². The molecule has 46 heavy (non-hydrogen) atoms. The van der Waals surface area contributed by atoms with E-state index in [4.69, 9.17) is 14.2 Å². The number of nitrogens with zero attached hydrogens (tertiary/aromatic N) is 1. The summed E-state index contributed by atoms with van der Waals surface area (Å²) in [6, 6.07) is 0. The maximum absolute atomic E-state index is 12.0. The minimum absolute atomic E-state index is 0.173. The zero-order chi connectivity index (χ0) is 34.1. The molecule has 8 heteroatoms. The zero-order valence-corrected chi connectivity index (χ0v) is 30.7. The number of esters is 1. The van der Waals surface area contributed by atoms with Gasteiger partial charge in [-0.3, -0.25) is 4.79 Å². The lowest BCUT2D eigenvalue weighted by Gasteiger charge is -2.26. The van der Waals surface area contributed by atoms with Crippen LogP contribution in [0.1, 0.15) is 174 Å². The normalized spacial score (nSPS) is 13.2. The van der Waals surface area contributed by atoms with Gasteiger partial charge in [0.05, 0.1) is 40.3 Å². The molecule has 0 radical (unpaired) electrons. The van der Waals surface area contributed by atoms with Crippen molar-refractivity contribution in [1.29, 1.82) is 0 Å². The Morgan fingerprint density at radius 2 is 0.957 bits per heavy atom. The van der Waals surface area contributed by atoms with Gasteiger partial charge in [-0.2, -0.15) is 0 Å². The smallest absolute Gasteiger partial charge is 0.305 e. The molecule has 0 fully saturated rings. The van der Waals surface area contributed by atoms with E-state index in [0.29, 0.717) is 17.4 Å². The zero-order valence-electron chi connectivity index (χ0n) is 30.7. The van der Waals surface area contributed by atoms with Crippen molar-refractivity contribution in [3.63, 3.8) is 0 Å². The average Bonchev–Trinajstić information content (AvgIpc) is 3.00. The van der Waals surface area contributed by atoms with E-state index in [1.807, 2.05) is 21.1 Å². The van der Waals surface area contributed by atoms with Crippen molar-refractivity contribution in [2.45, 2.75) is 186 Å². The maximum atomic E-state index is 12.0. The van der Waals surface area contributed by atoms with E-state index in [0.717, 1.165) is 19.3 Å². The lowest BCUT2D eigenvalue weighted by Crippen LogP contribution is -2.44. The molecule has 2 unspecified atom stereocenters. The van der Waals surface area contributed by atoms with Gasteiger partial charge < -0.3 is 33.7 Å². The summed E-state index contributed by atoms with van der Waals surface area (Å²) in [5.74, 6) is -1.86. The van der Waals surface area contributed by atoms with Crippen LogP contribution in [-0.2, 0) is 23.8 Å². The first-order chi connectivity index (χ1) is 22.2. The van der Waals surface area contributed by atoms with Gasteiger partial charge in [0.2, 0.25) is 0 Å². The van der Waals surface area contributed by atoms with Crippen LogP contribution in [0, 0.1) is 0 Å². The Bertz CT molecular complexity index is 682. The molecule has 0 bridgehead atoms. The van der Waals surface area contributed by atoms with Gasteiger partial charge in [-0.1, -0.05) is 161 Å². The summed E-state index contributed by atoms with van der Waals surface area (Å²) in [7, 11) is 5.88. The molecule has 0 heterocycles. The largest absolute Gasteiger partial charge is 0.545 e. The summed E-state index contributed by atoms with van der Waals surface area (Å²) in [5.41, 5.74) is 0. The van der Waals surface area contributed by atoms with Crippen molar-refractivity contribution in [2.75, 3.05) is 47.5 Å². The number of carboxylic acids is 1. The van der Waals surface area contributed by atoms with E-state index in [2.05, 4.69) is 6.92 Å². The number of rotatable bonds is 36. The van der Waals surface area contributed by atoms with E-state index >= 15 is 0 Å². The Balaban J connectivity index is 3.41. The standard InChI is InChI=1S/C38H75NO7/c1-5-6-7-8-9-10-11-12-13-14-15-16-17-18-19-20-21-22-23-24-25-26-27-28-29-30-36(41)45-33-35(40)34-46-38(37(42)43)44-32-31-39(2,3)4/h35,38,40H,5-34H2,1-4H3. The molecule has 0 aromatic carbocycles. The predicted molar refractivity (Wildman–Crippen MR) is 186 cm³/mol. The van der Waals surface area contributed by atoms with Gasteiger partial charge in [-0.15, -0.1) is 0 Å². The fourth-order valence-electron chi connectivity index (χ4n) is 5.53. The number of hydrogen-bond donors (Lipinski definition) is 1. The molecular weight excluding hydrogens is 582 g/mol. The Kier molecular flexibility index (Phi) is 31.5. The van der Waals surface area contributed by atoms with E-state index < -0.39 is 18.4 Å². The second kappa shape index (κ2) is 32.3. The van der Waals surface area contributed by atoms with Gasteiger partial charge in [0.1, 0.15) is 19.3 Å². The topological polar surface area (TPSA) is 105 Å². The van der Waals surface area contributed by atoms with Crippen LogP contribution in [0.25, 0.3) is 0 Å². The lowest BCUT2D eigenvalue weighted by atomic mass is 10.0. The van der Waals surface area contributed by atoms with E-state index in [1.165, 1.54) is 141 Å². The van der Waals surface area contributed by atoms with Crippen LogP contribution in [0.15, 0.2) is 0 Å². The van der Waals surface area contributed by atoms with Gasteiger partial charge in [-0.05, 0) is 6.42 Å². The van der Waals surface area contributed by atoms with Crippen molar-refractivity contribution in [3.8, 4) is 0 Å². The molecule has 274 valence electrons. The molecule has 0 aromatic heterocycles. The molecule has 8 nitrogen and oxygen atoms in total. The molecule has 1 N–H and O–H groups in total. The number of likely N-dealkylation sites (N-methyl/N-ethyl adjacent to an activating group) is 1. The molecule has 0 aliphatic carbocycles. The van der Waals surface area contributed by atoms with Gasteiger partial charge in [-0.25, -0.2) is 0 Å². The number of quaternary nitrogens is 1. The number of ether oxygens (including phenoxy) is 3. The Hall–Kier alpha value is -1.22. The molecule has 2 atom stereocenters. The highest BCUT2D eigenvalue weighted by atomic mass is 16.7. The quantitative estimate of drug-likeness (QED) is 0.0316. The number of aliphatic hydroxyl groups excluding tert-OH is 1. The minimum Gasteiger partial charge on any atom is -0.545 e. The number of carbonyl (C=O) groups excluding carboxylic acids is 2. The van der Waals surface area contributed by atoms with Crippen molar-refractivity contribution in [1.82, 2.24) is 0 Å². The number of aliphatic hydroxyl groups is 1. The van der Waals surface area contributed by atoms with Gasteiger partial charge in [0, 0.05) is 6.42 Å². The van der Waals surface area contributed by atoms with Crippen LogP contribution in [0.3, 0.4) is 0 Å². The maximum Gasteiger partial charge on any atom is 0.305 e. The molecule has 0 aromatic rings. The summed E-state index contributed by atoms with van der Waals surface area (Å²) >= 11 is 0. The van der Waals surface area contributed by atoms with Crippen LogP contribution in [-0.4, -0.2) is 81.4 Å². The number of carboxylic acid groups (broad SMARTS) is 1. The van der Waals surface area contributed by atoms with Crippen molar-refractivity contribution < 1.29 is 38.5 Å². The van der Waals surface area contributed by atoms with Crippen LogP contribution < -0.4 is 5.11 Å². The number of unbranched alkanes of at least 4 members (excludes halogenated alkanes) is 24. The lowest BCUT2D eigenvalue weighted by molar-refractivity contribution is -0.870. The summed E-state index contributed by atoms with van der Waals surface area (Å²) in [4.78, 5) is 23.1. The summed E-state index contributed by atoms with van der Waals surface area (Å²) in [6.07, 6.45) is 31.2. The molecule has 0 saturated carbocycles. The molecule has 0 saturated heterocycles. The molecule has 0 rings (SSSR count). The molecule has 0 aliphatic heterocycles. The van der Waals surface area contributed by atoms with Crippen LogP contribution in [0.2, 0.25) is 0 Å². The Morgan fingerprint density at radius 3 is 1.30 bits per heavy atom. The minimum atomic E-state index is -1.57. The molecule has 0 aliphatic rings. The molecule has 0 amide bonds. The first-order valence-electron chi connectivity index (χ1n) is 19.2. The molecular formula is C38H75NO7. The van der Waals surface area contributed by atoms with E-state index in [-0.39, 0.29) is 25.8 Å². The third-order valence-corrected chi connectivity index (χ3v) is 8.58. The summed E-state index contributed by atoms with van der Waals surface area (Å²) in [5, 5.41) is 21.2. The average molecular weight is 658 g/mol. The van der Waals surface area contributed by atoms with Gasteiger partial charge in [0.25, 0.3) is 0 Å². The van der Waals surface area contributed by atoms with Crippen molar-refractivity contribution in [3.05, 3.63) is 0 Å². The Morgan fingerprint density at radius 1 is 0.587 bits per heavy atom. The highest BCUT2D eigenvalue weighted by molar-refractivity contribution is 5.69. The van der Waals surface area contributed by atoms with Crippen LogP contribution >= 0.6 is 0 Å². The Labute approximate surface area is 283 Å². The van der Waals surface area contributed by atoms with Gasteiger partial charge in [0.15, 0.2) is 6.29 Å². The number of aliphatic carboxylic acids is 1. The first kappa shape index (κ1) is 44.8. The second-order valence-corrected chi connectivity index (χ2v) is 14.4. The van der Waals surface area contributed by atoms with Crippen LogP contribution in [0.4, 0.5) is 0 Å². The summed E-state index contributed by atoms with van der Waals surface area (Å²) in [6.45, 7) is 2.49. The SMILES string of the molecule is CCCCCCCCCCCCCCCCCCCCCCCCCCCC(=O)OCC(O)COC(OCC[N+](C)(C)C)C(=O)[O-]. The highest BCUT2D eigenvalue weighted by Crippen LogP contribution is 2.16. The summed E-state index contributed by atoms with van der Waals surface area (Å²) < 4.78 is 16.0. The highest BCUT2D eigenvalue weighted by Gasteiger charge is 2.17.